The second-order valence-electron chi connectivity index (χ2n) is 6.88. The summed E-state index contributed by atoms with van der Waals surface area (Å²) >= 11 is 0. The summed E-state index contributed by atoms with van der Waals surface area (Å²) in [5.41, 5.74) is 0.297. The second-order valence-corrected chi connectivity index (χ2v) is 6.88. The van der Waals surface area contributed by atoms with Gasteiger partial charge in [0.15, 0.2) is 0 Å². The molecule has 0 spiro atoms. The molecule has 0 aliphatic carbocycles. The van der Waals surface area contributed by atoms with Gasteiger partial charge in [0.1, 0.15) is 0 Å². The van der Waals surface area contributed by atoms with Gasteiger partial charge in [-0.05, 0) is 32.7 Å². The Bertz CT molecular complexity index is 231. The van der Waals surface area contributed by atoms with Crippen LogP contribution < -0.4 is 0 Å². The van der Waals surface area contributed by atoms with Crippen molar-refractivity contribution in [3.05, 3.63) is 0 Å². The van der Waals surface area contributed by atoms with Crippen LogP contribution >= 0.6 is 0 Å². The number of hydrogen-bond donors (Lipinski definition) is 0. The van der Waals surface area contributed by atoms with Crippen molar-refractivity contribution in [3.63, 3.8) is 0 Å². The molecule has 0 unspecified atom stereocenters. The van der Waals surface area contributed by atoms with Crippen LogP contribution in [0.1, 0.15) is 61.8 Å². The Labute approximate surface area is 135 Å². The molecule has 0 aromatic heterocycles. The Morgan fingerprint density at radius 2 is 1.29 bits per heavy atom. The lowest BCUT2D eigenvalue weighted by Gasteiger charge is -2.40. The van der Waals surface area contributed by atoms with E-state index in [1.807, 2.05) is 34.8 Å². The zero-order valence-corrected chi connectivity index (χ0v) is 16.5. The quantitative estimate of drug-likeness (QED) is 0.759. The van der Waals surface area contributed by atoms with E-state index in [-0.39, 0.29) is 5.60 Å². The van der Waals surface area contributed by atoms with Crippen LogP contribution in [-0.2, 0) is 4.74 Å². The van der Waals surface area contributed by atoms with Gasteiger partial charge < -0.3 is 14.5 Å². The first-order chi connectivity index (χ1) is 9.74. The van der Waals surface area contributed by atoms with Gasteiger partial charge in [-0.1, -0.05) is 41.5 Å². The molecule has 0 aromatic rings. The van der Waals surface area contributed by atoms with Crippen LogP contribution in [0.5, 0.6) is 0 Å². The zero-order valence-electron chi connectivity index (χ0n) is 16.5. The monoisotopic (exact) mass is 302 g/mol. The Hall–Kier alpha value is -0.120. The van der Waals surface area contributed by atoms with E-state index >= 15 is 0 Å². The number of piperazine rings is 1. The molecule has 1 fully saturated rings. The van der Waals surface area contributed by atoms with Gasteiger partial charge in [-0.3, -0.25) is 0 Å². The highest BCUT2D eigenvalue weighted by Crippen LogP contribution is 2.30. The predicted molar refractivity (Wildman–Crippen MR) is 96.1 cm³/mol. The van der Waals surface area contributed by atoms with E-state index in [4.69, 9.17) is 4.74 Å². The number of hydrogen-bond acceptors (Lipinski definition) is 3. The molecule has 0 aromatic carbocycles. The van der Waals surface area contributed by atoms with Crippen LogP contribution in [0.25, 0.3) is 0 Å². The lowest BCUT2D eigenvalue weighted by Crippen LogP contribution is -2.48. The van der Waals surface area contributed by atoms with Crippen molar-refractivity contribution in [2.24, 2.45) is 5.41 Å². The van der Waals surface area contributed by atoms with Crippen molar-refractivity contribution in [2.75, 3.05) is 46.9 Å². The fraction of sp³-hybridized carbons (Fsp3) is 1.00. The SMILES string of the molecule is CC.CC.COC(C)(C)CC(C)(C)CN1CCN(C)CC1. The topological polar surface area (TPSA) is 15.7 Å². The maximum Gasteiger partial charge on any atom is 0.0628 e. The standard InChI is InChI=1S/C14H30N2O.2C2H6/c1-13(2,11-14(3,4)17-6)12-16-9-7-15(5)8-10-16;2*1-2/h7-12H2,1-6H3;2*1-2H3. The Kier molecular flexibility index (Phi) is 12.6. The molecule has 1 aliphatic heterocycles. The molecule has 1 saturated heterocycles. The molecule has 0 N–H and O–H groups in total. The molecular weight excluding hydrogens is 260 g/mol. The van der Waals surface area contributed by atoms with Crippen molar-refractivity contribution >= 4 is 0 Å². The van der Waals surface area contributed by atoms with Gasteiger partial charge >= 0.3 is 0 Å². The molecule has 0 atom stereocenters. The van der Waals surface area contributed by atoms with Crippen molar-refractivity contribution in [2.45, 2.75) is 67.4 Å². The fourth-order valence-corrected chi connectivity index (χ4v) is 2.89. The molecule has 0 radical (unpaired) electrons. The summed E-state index contributed by atoms with van der Waals surface area (Å²) in [6.45, 7) is 23.0. The molecule has 21 heavy (non-hydrogen) atoms. The van der Waals surface area contributed by atoms with E-state index < -0.39 is 0 Å². The molecule has 1 rings (SSSR count). The van der Waals surface area contributed by atoms with E-state index in [1.54, 1.807) is 0 Å². The highest BCUT2D eigenvalue weighted by atomic mass is 16.5. The first-order valence-electron chi connectivity index (χ1n) is 8.70. The normalized spacial score (nSPS) is 17.4. The number of ether oxygens (including phenoxy) is 1. The lowest BCUT2D eigenvalue weighted by atomic mass is 9.81. The van der Waals surface area contributed by atoms with Crippen LogP contribution in [0.4, 0.5) is 0 Å². The van der Waals surface area contributed by atoms with Crippen LogP contribution in [0.2, 0.25) is 0 Å². The van der Waals surface area contributed by atoms with Crippen LogP contribution in [0.3, 0.4) is 0 Å². The highest BCUT2D eigenvalue weighted by molar-refractivity contribution is 4.84. The summed E-state index contributed by atoms with van der Waals surface area (Å²) in [4.78, 5) is 4.99. The van der Waals surface area contributed by atoms with Crippen molar-refractivity contribution in [3.8, 4) is 0 Å². The van der Waals surface area contributed by atoms with Crippen molar-refractivity contribution in [1.29, 1.82) is 0 Å². The van der Waals surface area contributed by atoms with Gasteiger partial charge in [0.2, 0.25) is 0 Å². The van der Waals surface area contributed by atoms with Crippen LogP contribution in [-0.4, -0.2) is 62.3 Å². The minimum absolute atomic E-state index is 0.0178. The third-order valence-electron chi connectivity index (χ3n) is 3.70. The summed E-state index contributed by atoms with van der Waals surface area (Å²) in [5.74, 6) is 0. The number of rotatable bonds is 5. The molecule has 0 saturated carbocycles. The van der Waals surface area contributed by atoms with E-state index in [0.29, 0.717) is 5.41 Å². The van der Waals surface area contributed by atoms with Crippen LogP contribution in [0, 0.1) is 5.41 Å². The molecule has 0 bridgehead atoms. The van der Waals surface area contributed by atoms with Gasteiger partial charge in [-0.15, -0.1) is 0 Å². The summed E-state index contributed by atoms with van der Waals surface area (Å²) in [5, 5.41) is 0. The number of likely N-dealkylation sites (N-methyl/N-ethyl adjacent to an activating group) is 1. The zero-order chi connectivity index (χ0) is 17.1. The molecule has 3 nitrogen and oxygen atoms in total. The summed E-state index contributed by atoms with van der Waals surface area (Å²) in [7, 11) is 4.02. The third-order valence-corrected chi connectivity index (χ3v) is 3.70. The molecule has 0 amide bonds. The Balaban J connectivity index is 0. The predicted octanol–water partition coefficient (Wildman–Crippen LogP) is 4.13. The summed E-state index contributed by atoms with van der Waals surface area (Å²) < 4.78 is 5.55. The first kappa shape index (κ1) is 23.2. The van der Waals surface area contributed by atoms with Crippen molar-refractivity contribution in [1.82, 2.24) is 9.80 Å². The molecule has 1 aliphatic rings. The van der Waals surface area contributed by atoms with E-state index in [0.717, 1.165) is 6.42 Å². The average molecular weight is 303 g/mol. The molecule has 1 heterocycles. The highest BCUT2D eigenvalue weighted by Gasteiger charge is 2.31. The molecule has 3 heteroatoms. The van der Waals surface area contributed by atoms with Crippen LogP contribution in [0.15, 0.2) is 0 Å². The minimum atomic E-state index is -0.0178. The van der Waals surface area contributed by atoms with Gasteiger partial charge in [0.25, 0.3) is 0 Å². The first-order valence-corrected chi connectivity index (χ1v) is 8.70. The number of nitrogens with zero attached hydrogens (tertiary/aromatic N) is 2. The average Bonchev–Trinajstić information content (AvgIpc) is 2.44. The third kappa shape index (κ3) is 11.1. The summed E-state index contributed by atoms with van der Waals surface area (Å²) in [6.07, 6.45) is 1.10. The largest absolute Gasteiger partial charge is 0.379 e. The minimum Gasteiger partial charge on any atom is -0.379 e. The Morgan fingerprint density at radius 3 is 1.67 bits per heavy atom. The molecule has 130 valence electrons. The Morgan fingerprint density at radius 1 is 0.857 bits per heavy atom. The number of methoxy groups -OCH3 is 1. The van der Waals surface area contributed by atoms with Crippen molar-refractivity contribution < 1.29 is 4.74 Å². The lowest BCUT2D eigenvalue weighted by molar-refractivity contribution is -0.0228. The second kappa shape index (κ2) is 11.4. The smallest absolute Gasteiger partial charge is 0.0628 e. The maximum atomic E-state index is 5.55. The fourth-order valence-electron chi connectivity index (χ4n) is 2.89. The summed E-state index contributed by atoms with van der Waals surface area (Å²) in [6, 6.07) is 0. The van der Waals surface area contributed by atoms with Gasteiger partial charge in [-0.25, -0.2) is 0 Å². The van der Waals surface area contributed by atoms with Gasteiger partial charge in [0.05, 0.1) is 5.60 Å². The van der Waals surface area contributed by atoms with E-state index in [2.05, 4.69) is 44.5 Å². The molecular formula is C18H42N2O. The van der Waals surface area contributed by atoms with Gasteiger partial charge in [0, 0.05) is 39.8 Å². The maximum absolute atomic E-state index is 5.55. The van der Waals surface area contributed by atoms with E-state index in [1.165, 1.54) is 32.7 Å². The van der Waals surface area contributed by atoms with E-state index in [9.17, 15) is 0 Å². The van der Waals surface area contributed by atoms with Gasteiger partial charge in [-0.2, -0.15) is 0 Å².